The summed E-state index contributed by atoms with van der Waals surface area (Å²) in [7, 11) is 2.11. The highest BCUT2D eigenvalue weighted by atomic mass is 16.5. The van der Waals surface area contributed by atoms with E-state index >= 15 is 0 Å². The third kappa shape index (κ3) is 20.8. The highest BCUT2D eigenvalue weighted by Gasteiger charge is 2.30. The summed E-state index contributed by atoms with van der Waals surface area (Å²) < 4.78 is 17.4. The van der Waals surface area contributed by atoms with Crippen molar-refractivity contribution in [3.8, 4) is 0 Å². The Morgan fingerprint density at radius 3 is 1.44 bits per heavy atom. The molecule has 0 bridgehead atoms. The Balaban J connectivity index is 2.45. The standard InChI is InChI=1S/C41H77NO6/c1-8-10-12-14-16-24-34-47-39(45)41(5,6)30-22-18-20-26-36(48-37(43)35-27-31-42(7)32-28-35)25-19-17-21-29-40(3,4)38(44)46-33-23-15-13-11-9-2/h35-36H,8-34H2,1-7H3. The fourth-order valence-electron chi connectivity index (χ4n) is 6.51. The molecule has 0 aromatic heterocycles. The van der Waals surface area contributed by atoms with Crippen molar-refractivity contribution in [3.05, 3.63) is 0 Å². The topological polar surface area (TPSA) is 82.1 Å². The largest absolute Gasteiger partial charge is 0.465 e. The Hall–Kier alpha value is -1.63. The molecule has 0 aromatic carbocycles. The molecule has 0 saturated carbocycles. The summed E-state index contributed by atoms with van der Waals surface area (Å²) in [6, 6.07) is 0. The van der Waals surface area contributed by atoms with E-state index in [4.69, 9.17) is 14.2 Å². The van der Waals surface area contributed by atoms with Crippen LogP contribution in [0.25, 0.3) is 0 Å². The molecule has 282 valence electrons. The van der Waals surface area contributed by atoms with Crippen molar-refractivity contribution in [2.45, 2.75) is 195 Å². The predicted molar refractivity (Wildman–Crippen MR) is 198 cm³/mol. The van der Waals surface area contributed by atoms with Gasteiger partial charge in [-0.15, -0.1) is 0 Å². The molecule has 1 unspecified atom stereocenters. The lowest BCUT2D eigenvalue weighted by molar-refractivity contribution is -0.157. The second-order valence-electron chi connectivity index (χ2n) is 16.1. The highest BCUT2D eigenvalue weighted by Crippen LogP contribution is 2.29. The quantitative estimate of drug-likeness (QED) is 0.0442. The van der Waals surface area contributed by atoms with E-state index in [-0.39, 0.29) is 29.9 Å². The predicted octanol–water partition coefficient (Wildman–Crippen LogP) is 10.6. The Bertz CT molecular complexity index is 848. The molecule has 1 aliphatic rings. The molecule has 1 fully saturated rings. The Labute approximate surface area is 296 Å². The number of esters is 3. The molecule has 1 aliphatic heterocycles. The van der Waals surface area contributed by atoms with Crippen molar-refractivity contribution >= 4 is 17.9 Å². The van der Waals surface area contributed by atoms with Crippen LogP contribution in [0.3, 0.4) is 0 Å². The van der Waals surface area contributed by atoms with E-state index in [1.807, 2.05) is 27.7 Å². The fourth-order valence-corrected chi connectivity index (χ4v) is 6.51. The second kappa shape index (κ2) is 26.2. The van der Waals surface area contributed by atoms with Crippen LogP contribution in [0.1, 0.15) is 189 Å². The smallest absolute Gasteiger partial charge is 0.311 e. The van der Waals surface area contributed by atoms with Crippen molar-refractivity contribution in [1.29, 1.82) is 0 Å². The van der Waals surface area contributed by atoms with Gasteiger partial charge in [-0.2, -0.15) is 0 Å². The molecule has 0 aliphatic carbocycles. The minimum atomic E-state index is -0.475. The van der Waals surface area contributed by atoms with E-state index in [2.05, 4.69) is 25.8 Å². The number of likely N-dealkylation sites (tertiary alicyclic amines) is 1. The van der Waals surface area contributed by atoms with Gasteiger partial charge < -0.3 is 19.1 Å². The van der Waals surface area contributed by atoms with Crippen LogP contribution in [-0.4, -0.2) is 62.3 Å². The Morgan fingerprint density at radius 2 is 1.00 bits per heavy atom. The average molecular weight is 680 g/mol. The van der Waals surface area contributed by atoms with Crippen molar-refractivity contribution in [2.24, 2.45) is 16.7 Å². The van der Waals surface area contributed by atoms with E-state index < -0.39 is 10.8 Å². The maximum absolute atomic E-state index is 13.1. The molecular formula is C41H77NO6. The molecule has 0 spiro atoms. The van der Waals surface area contributed by atoms with Crippen LogP contribution in [0.2, 0.25) is 0 Å². The number of carbonyl (C=O) groups excluding carboxylic acids is 3. The SMILES string of the molecule is CCCCCCCCOC(=O)C(C)(C)CCCCCC(CCCCCC(C)(C)C(=O)OCCCCCCC)OC(=O)C1CCN(C)CC1. The van der Waals surface area contributed by atoms with Gasteiger partial charge in [-0.25, -0.2) is 0 Å². The van der Waals surface area contributed by atoms with Gasteiger partial charge in [-0.05, 0) is 112 Å². The van der Waals surface area contributed by atoms with E-state index in [0.29, 0.717) is 13.2 Å². The van der Waals surface area contributed by atoms with E-state index in [1.165, 1.54) is 44.9 Å². The first kappa shape index (κ1) is 44.4. The van der Waals surface area contributed by atoms with Crippen LogP contribution in [0.5, 0.6) is 0 Å². The normalized spacial score (nSPS) is 15.3. The molecule has 1 atom stereocenters. The van der Waals surface area contributed by atoms with Crippen molar-refractivity contribution in [2.75, 3.05) is 33.4 Å². The van der Waals surface area contributed by atoms with Gasteiger partial charge in [0.2, 0.25) is 0 Å². The summed E-state index contributed by atoms with van der Waals surface area (Å²) in [6.07, 6.45) is 23.7. The number of carbonyl (C=O) groups is 3. The van der Waals surface area contributed by atoms with Gasteiger partial charge in [0.25, 0.3) is 0 Å². The summed E-state index contributed by atoms with van der Waals surface area (Å²) in [4.78, 5) is 40.8. The number of nitrogens with zero attached hydrogens (tertiary/aromatic N) is 1. The Kier molecular flexibility index (Phi) is 24.2. The van der Waals surface area contributed by atoms with Crippen LogP contribution < -0.4 is 0 Å². The monoisotopic (exact) mass is 680 g/mol. The zero-order chi connectivity index (χ0) is 35.7. The van der Waals surface area contributed by atoms with Crippen LogP contribution in [0.15, 0.2) is 0 Å². The van der Waals surface area contributed by atoms with Crippen LogP contribution in [0, 0.1) is 16.7 Å². The third-order valence-electron chi connectivity index (χ3n) is 10.3. The van der Waals surface area contributed by atoms with Gasteiger partial charge in [0, 0.05) is 0 Å². The third-order valence-corrected chi connectivity index (χ3v) is 10.3. The summed E-state index contributed by atoms with van der Waals surface area (Å²) in [6.45, 7) is 15.3. The van der Waals surface area contributed by atoms with Crippen LogP contribution in [0.4, 0.5) is 0 Å². The van der Waals surface area contributed by atoms with Gasteiger partial charge in [0.05, 0.1) is 30.0 Å². The van der Waals surface area contributed by atoms with Gasteiger partial charge in [-0.3, -0.25) is 14.4 Å². The lowest BCUT2D eigenvalue weighted by Crippen LogP contribution is -2.35. The molecule has 48 heavy (non-hydrogen) atoms. The molecule has 0 N–H and O–H groups in total. The first-order chi connectivity index (χ1) is 22.9. The highest BCUT2D eigenvalue weighted by molar-refractivity contribution is 5.76. The van der Waals surface area contributed by atoms with Gasteiger partial charge in [0.1, 0.15) is 6.10 Å². The minimum Gasteiger partial charge on any atom is -0.465 e. The first-order valence-corrected chi connectivity index (χ1v) is 20.2. The number of hydrogen-bond acceptors (Lipinski definition) is 7. The fraction of sp³-hybridized carbons (Fsp3) is 0.927. The van der Waals surface area contributed by atoms with Crippen molar-refractivity contribution in [3.63, 3.8) is 0 Å². The zero-order valence-electron chi connectivity index (χ0n) is 32.6. The first-order valence-electron chi connectivity index (χ1n) is 20.2. The molecule has 7 heteroatoms. The molecule has 0 aromatic rings. The number of hydrogen-bond donors (Lipinski definition) is 0. The van der Waals surface area contributed by atoms with Gasteiger partial charge >= 0.3 is 17.9 Å². The van der Waals surface area contributed by atoms with E-state index in [0.717, 1.165) is 116 Å². The Morgan fingerprint density at radius 1 is 0.604 bits per heavy atom. The molecule has 1 heterocycles. The number of rotatable bonds is 29. The summed E-state index contributed by atoms with van der Waals surface area (Å²) in [5.74, 6) is -0.191. The van der Waals surface area contributed by atoms with Gasteiger partial charge in [-0.1, -0.05) is 97.3 Å². The maximum Gasteiger partial charge on any atom is 0.311 e. The van der Waals surface area contributed by atoms with E-state index in [9.17, 15) is 14.4 Å². The van der Waals surface area contributed by atoms with Crippen molar-refractivity contribution in [1.82, 2.24) is 4.90 Å². The molecule has 0 amide bonds. The number of unbranched alkanes of at least 4 members (excludes halogenated alkanes) is 13. The minimum absolute atomic E-state index is 0.00492. The lowest BCUT2D eigenvalue weighted by atomic mass is 9.86. The van der Waals surface area contributed by atoms with Crippen molar-refractivity contribution < 1.29 is 28.6 Å². The zero-order valence-corrected chi connectivity index (χ0v) is 32.6. The summed E-state index contributed by atoms with van der Waals surface area (Å²) in [5.41, 5.74) is -0.949. The summed E-state index contributed by atoms with van der Waals surface area (Å²) >= 11 is 0. The summed E-state index contributed by atoms with van der Waals surface area (Å²) in [5, 5.41) is 0. The molecule has 0 radical (unpaired) electrons. The molecule has 1 rings (SSSR count). The average Bonchev–Trinajstić information content (AvgIpc) is 3.05. The molecular weight excluding hydrogens is 602 g/mol. The molecule has 1 saturated heterocycles. The number of ether oxygens (including phenoxy) is 3. The van der Waals surface area contributed by atoms with Gasteiger partial charge in [0.15, 0.2) is 0 Å². The van der Waals surface area contributed by atoms with E-state index in [1.54, 1.807) is 0 Å². The molecule has 7 nitrogen and oxygen atoms in total. The maximum atomic E-state index is 13.1. The number of piperidine rings is 1. The van der Waals surface area contributed by atoms with Crippen LogP contribution in [-0.2, 0) is 28.6 Å². The lowest BCUT2D eigenvalue weighted by Gasteiger charge is -2.29. The second-order valence-corrected chi connectivity index (χ2v) is 16.1. The van der Waals surface area contributed by atoms with Crippen LogP contribution >= 0.6 is 0 Å².